The van der Waals surface area contributed by atoms with E-state index in [9.17, 15) is 0 Å². The van der Waals surface area contributed by atoms with Crippen LogP contribution in [0.3, 0.4) is 0 Å². The van der Waals surface area contributed by atoms with Crippen LogP contribution in [0.4, 0.5) is 0 Å². The molecule has 0 saturated heterocycles. The van der Waals surface area contributed by atoms with Gasteiger partial charge in [0.15, 0.2) is 11.6 Å². The first-order chi connectivity index (χ1) is 9.72. The number of furan rings is 1. The van der Waals surface area contributed by atoms with Crippen LogP contribution in [0, 0.1) is 18.3 Å². The fraction of sp³-hybridized carbons (Fsp3) is 0.250. The van der Waals surface area contributed by atoms with Crippen molar-refractivity contribution in [3.8, 4) is 17.7 Å². The maximum absolute atomic E-state index is 8.99. The van der Waals surface area contributed by atoms with Crippen molar-refractivity contribution in [2.24, 2.45) is 0 Å². The molecule has 3 aromatic rings. The third-order valence-corrected chi connectivity index (χ3v) is 3.29. The lowest BCUT2D eigenvalue weighted by Crippen LogP contribution is -1.99. The van der Waals surface area contributed by atoms with Crippen molar-refractivity contribution in [3.05, 3.63) is 41.7 Å². The third-order valence-electron chi connectivity index (χ3n) is 3.29. The number of nitrogens with zero attached hydrogens (tertiary/aromatic N) is 3. The Balaban J connectivity index is 2.25. The zero-order chi connectivity index (χ0) is 14.1. The summed E-state index contributed by atoms with van der Waals surface area (Å²) in [5, 5.41) is 8.99. The second kappa shape index (κ2) is 4.86. The molecule has 20 heavy (non-hydrogen) atoms. The second-order valence-corrected chi connectivity index (χ2v) is 4.81. The van der Waals surface area contributed by atoms with Gasteiger partial charge >= 0.3 is 0 Å². The minimum Gasteiger partial charge on any atom is -0.458 e. The fourth-order valence-electron chi connectivity index (χ4n) is 2.39. The maximum Gasteiger partial charge on any atom is 0.177 e. The van der Waals surface area contributed by atoms with Crippen LogP contribution in [0.1, 0.15) is 24.7 Å². The van der Waals surface area contributed by atoms with Crippen LogP contribution in [0.5, 0.6) is 0 Å². The van der Waals surface area contributed by atoms with Crippen molar-refractivity contribution in [2.75, 3.05) is 0 Å². The van der Waals surface area contributed by atoms with E-state index in [0.29, 0.717) is 5.56 Å². The smallest absolute Gasteiger partial charge is 0.177 e. The minimum absolute atomic E-state index is 0.626. The molecule has 0 fully saturated rings. The molecule has 2 aromatic heterocycles. The number of imidazole rings is 1. The van der Waals surface area contributed by atoms with E-state index < -0.39 is 0 Å². The van der Waals surface area contributed by atoms with Crippen LogP contribution in [-0.4, -0.2) is 9.55 Å². The quantitative estimate of drug-likeness (QED) is 0.722. The number of hydrogen-bond donors (Lipinski definition) is 0. The Morgan fingerprint density at radius 3 is 2.80 bits per heavy atom. The molecule has 0 unspecified atom stereocenters. The lowest BCUT2D eigenvalue weighted by atomic mass is 10.2. The van der Waals surface area contributed by atoms with E-state index in [1.807, 2.05) is 37.3 Å². The Hall–Kier alpha value is -2.54. The molecule has 0 aliphatic heterocycles. The first-order valence-electron chi connectivity index (χ1n) is 6.70. The van der Waals surface area contributed by atoms with Gasteiger partial charge in [-0.05, 0) is 43.7 Å². The van der Waals surface area contributed by atoms with Crippen LogP contribution in [-0.2, 0) is 6.54 Å². The summed E-state index contributed by atoms with van der Waals surface area (Å²) in [6.07, 6.45) is 1.01. The Labute approximate surface area is 117 Å². The number of nitriles is 1. The molecule has 0 atom stereocenters. The highest BCUT2D eigenvalue weighted by molar-refractivity contribution is 5.81. The van der Waals surface area contributed by atoms with Crippen molar-refractivity contribution in [3.63, 3.8) is 0 Å². The molecule has 0 amide bonds. The molecule has 1 aromatic carbocycles. The van der Waals surface area contributed by atoms with Gasteiger partial charge in [-0.2, -0.15) is 5.26 Å². The topological polar surface area (TPSA) is 54.8 Å². The minimum atomic E-state index is 0.626. The average Bonchev–Trinajstić information content (AvgIpc) is 3.03. The molecule has 0 aliphatic carbocycles. The van der Waals surface area contributed by atoms with Gasteiger partial charge in [0, 0.05) is 6.54 Å². The highest BCUT2D eigenvalue weighted by Gasteiger charge is 2.15. The normalized spacial score (nSPS) is 10.8. The monoisotopic (exact) mass is 265 g/mol. The molecule has 0 aliphatic rings. The first-order valence-corrected chi connectivity index (χ1v) is 6.70. The first kappa shape index (κ1) is 12.5. The summed E-state index contributed by atoms with van der Waals surface area (Å²) in [5.74, 6) is 2.46. The van der Waals surface area contributed by atoms with Crippen molar-refractivity contribution in [1.29, 1.82) is 5.26 Å². The molecular weight excluding hydrogens is 250 g/mol. The van der Waals surface area contributed by atoms with Gasteiger partial charge in [-0.1, -0.05) is 6.92 Å². The van der Waals surface area contributed by atoms with Crippen molar-refractivity contribution in [2.45, 2.75) is 26.8 Å². The van der Waals surface area contributed by atoms with E-state index in [1.54, 1.807) is 0 Å². The largest absolute Gasteiger partial charge is 0.458 e. The molecule has 3 rings (SSSR count). The van der Waals surface area contributed by atoms with E-state index in [-0.39, 0.29) is 0 Å². The highest BCUT2D eigenvalue weighted by Crippen LogP contribution is 2.27. The van der Waals surface area contributed by atoms with E-state index in [1.165, 1.54) is 0 Å². The van der Waals surface area contributed by atoms with E-state index in [4.69, 9.17) is 9.68 Å². The summed E-state index contributed by atoms with van der Waals surface area (Å²) in [7, 11) is 0. The average molecular weight is 265 g/mol. The summed E-state index contributed by atoms with van der Waals surface area (Å²) < 4.78 is 7.84. The molecular formula is C16H15N3O. The van der Waals surface area contributed by atoms with E-state index in [2.05, 4.69) is 22.5 Å². The van der Waals surface area contributed by atoms with E-state index >= 15 is 0 Å². The number of rotatable bonds is 3. The summed E-state index contributed by atoms with van der Waals surface area (Å²) in [6, 6.07) is 11.6. The maximum atomic E-state index is 8.99. The molecule has 100 valence electrons. The van der Waals surface area contributed by atoms with Crippen LogP contribution in [0.25, 0.3) is 22.6 Å². The van der Waals surface area contributed by atoms with Crippen molar-refractivity contribution < 1.29 is 4.42 Å². The van der Waals surface area contributed by atoms with Gasteiger partial charge < -0.3 is 8.98 Å². The summed E-state index contributed by atoms with van der Waals surface area (Å²) >= 11 is 0. The van der Waals surface area contributed by atoms with Gasteiger partial charge in [0.25, 0.3) is 0 Å². The molecule has 0 saturated carbocycles. The van der Waals surface area contributed by atoms with Crippen LogP contribution < -0.4 is 0 Å². The Morgan fingerprint density at radius 2 is 2.15 bits per heavy atom. The lowest BCUT2D eigenvalue weighted by Gasteiger charge is -2.05. The zero-order valence-electron chi connectivity index (χ0n) is 11.6. The molecule has 0 spiro atoms. The fourth-order valence-corrected chi connectivity index (χ4v) is 2.39. The van der Waals surface area contributed by atoms with Crippen LogP contribution in [0.15, 0.2) is 34.7 Å². The van der Waals surface area contributed by atoms with E-state index in [0.717, 1.165) is 41.3 Å². The summed E-state index contributed by atoms with van der Waals surface area (Å²) in [6.45, 7) is 4.92. The number of aryl methyl sites for hydroxylation is 2. The number of aromatic nitrogens is 2. The summed E-state index contributed by atoms with van der Waals surface area (Å²) in [4.78, 5) is 4.64. The predicted octanol–water partition coefficient (Wildman–Crippen LogP) is 3.89. The Morgan fingerprint density at radius 1 is 1.30 bits per heavy atom. The van der Waals surface area contributed by atoms with Gasteiger partial charge in [0.1, 0.15) is 5.76 Å². The van der Waals surface area contributed by atoms with Gasteiger partial charge in [-0.25, -0.2) is 4.98 Å². The van der Waals surface area contributed by atoms with Crippen molar-refractivity contribution >= 4 is 11.0 Å². The van der Waals surface area contributed by atoms with Gasteiger partial charge in [-0.3, -0.25) is 0 Å². The zero-order valence-corrected chi connectivity index (χ0v) is 11.6. The molecule has 0 N–H and O–H groups in total. The molecule has 0 radical (unpaired) electrons. The number of benzene rings is 1. The van der Waals surface area contributed by atoms with Gasteiger partial charge in [0.2, 0.25) is 0 Å². The van der Waals surface area contributed by atoms with Crippen LogP contribution in [0.2, 0.25) is 0 Å². The molecule has 2 heterocycles. The predicted molar refractivity (Wildman–Crippen MR) is 77.2 cm³/mol. The lowest BCUT2D eigenvalue weighted by molar-refractivity contribution is 0.538. The number of hydrogen-bond acceptors (Lipinski definition) is 3. The van der Waals surface area contributed by atoms with Crippen molar-refractivity contribution in [1.82, 2.24) is 9.55 Å². The number of fused-ring (bicyclic) bond motifs is 1. The van der Waals surface area contributed by atoms with Gasteiger partial charge in [-0.15, -0.1) is 0 Å². The Kier molecular flexibility index (Phi) is 3.03. The third kappa shape index (κ3) is 1.97. The standard InChI is InChI=1S/C16H15N3O/c1-3-8-19-14-6-5-12(10-17)9-13(14)18-16(19)15-7-4-11(2)20-15/h4-7,9H,3,8H2,1-2H3. The second-order valence-electron chi connectivity index (χ2n) is 4.81. The highest BCUT2D eigenvalue weighted by atomic mass is 16.3. The molecule has 0 bridgehead atoms. The molecule has 4 heteroatoms. The van der Waals surface area contributed by atoms with Gasteiger partial charge in [0.05, 0.1) is 22.7 Å². The SMILES string of the molecule is CCCn1c(-c2ccc(C)o2)nc2cc(C#N)ccc21. The van der Waals surface area contributed by atoms with Crippen LogP contribution >= 0.6 is 0 Å². The molecule has 4 nitrogen and oxygen atoms in total. The summed E-state index contributed by atoms with van der Waals surface area (Å²) in [5.41, 5.74) is 2.50. The Bertz CT molecular complexity index is 805.